The zero-order valence-electron chi connectivity index (χ0n) is 18.7. The predicted molar refractivity (Wildman–Crippen MR) is 74.5 cm³/mol. The van der Waals surface area contributed by atoms with Gasteiger partial charge in [-0.25, -0.2) is 4.98 Å². The summed E-state index contributed by atoms with van der Waals surface area (Å²) in [5, 5.41) is -0.219. The quantitative estimate of drug-likeness (QED) is 0.776. The van der Waals surface area contributed by atoms with Crippen LogP contribution in [0.15, 0.2) is 0 Å². The van der Waals surface area contributed by atoms with Gasteiger partial charge < -0.3 is 9.31 Å². The van der Waals surface area contributed by atoms with Crippen molar-refractivity contribution in [1.29, 1.82) is 0 Å². The van der Waals surface area contributed by atoms with Gasteiger partial charge in [0.1, 0.15) is 0 Å². The van der Waals surface area contributed by atoms with Crippen molar-refractivity contribution in [2.75, 3.05) is 0 Å². The number of rotatable bonds is 2. The second-order valence-electron chi connectivity index (χ2n) is 5.45. The normalized spacial score (nSPS) is 40.3. The highest BCUT2D eigenvalue weighted by Crippen LogP contribution is 2.42. The van der Waals surface area contributed by atoms with E-state index in [4.69, 9.17) is 20.3 Å². The van der Waals surface area contributed by atoms with E-state index in [9.17, 15) is 0 Å². The van der Waals surface area contributed by atoms with Crippen LogP contribution in [0.1, 0.15) is 67.2 Å². The van der Waals surface area contributed by atoms with Crippen molar-refractivity contribution < 1.29 is 20.3 Å². The van der Waals surface area contributed by atoms with Crippen LogP contribution in [0.4, 0.5) is 0 Å². The fourth-order valence-corrected chi connectivity index (χ4v) is 2.48. The molecule has 0 amide bonds. The van der Waals surface area contributed by atoms with Gasteiger partial charge in [0.25, 0.3) is 0 Å². The Bertz CT molecular complexity index is 730. The van der Waals surface area contributed by atoms with Crippen molar-refractivity contribution in [3.8, 4) is 0 Å². The fourth-order valence-electron chi connectivity index (χ4n) is 1.69. The molecule has 1 aromatic heterocycles. The molecule has 0 unspecified atom stereocenters. The number of aromatic nitrogens is 1. The Hall–Kier alpha value is -0.385. The number of hydrogen-bond donors (Lipinski definition) is 0. The minimum Gasteiger partial charge on any atom is -0.398 e. The molecule has 1 aliphatic carbocycles. The van der Waals surface area contributed by atoms with Crippen LogP contribution in [-0.4, -0.2) is 23.3 Å². The second-order valence-corrected chi connectivity index (χ2v) is 6.45. The standard InChI is InChI=1S/C13H20BNO2S/c1-8-10(15-11(18-8)9-6-7-9)14-16-12(2,3)13(4,5)17-14/h9H,6-7H2,1-5H3/i1D3,6D2,7D2,9D. The third-order valence-electron chi connectivity index (χ3n) is 3.59. The summed E-state index contributed by atoms with van der Waals surface area (Å²) in [5.41, 5.74) is -1.49. The highest BCUT2D eigenvalue weighted by molar-refractivity contribution is 7.13. The summed E-state index contributed by atoms with van der Waals surface area (Å²) >= 11 is 0.626. The van der Waals surface area contributed by atoms with Crippen molar-refractivity contribution in [3.63, 3.8) is 0 Å². The third-order valence-corrected chi connectivity index (χ3v) is 4.50. The molecule has 3 rings (SSSR count). The zero-order chi connectivity index (χ0) is 20.1. The average molecular weight is 273 g/mol. The van der Waals surface area contributed by atoms with Crippen LogP contribution < -0.4 is 5.59 Å². The molecule has 0 N–H and O–H groups in total. The van der Waals surface area contributed by atoms with E-state index in [0.29, 0.717) is 11.3 Å². The molecule has 1 aromatic rings. The molecule has 1 aliphatic heterocycles. The van der Waals surface area contributed by atoms with Gasteiger partial charge in [-0.15, -0.1) is 11.3 Å². The van der Waals surface area contributed by atoms with Crippen molar-refractivity contribution >= 4 is 24.0 Å². The van der Waals surface area contributed by atoms with E-state index in [2.05, 4.69) is 4.98 Å². The number of nitrogens with zero attached hydrogens (tertiary/aromatic N) is 1. The van der Waals surface area contributed by atoms with E-state index in [1.807, 2.05) is 0 Å². The maximum Gasteiger partial charge on any atom is 0.515 e. The topological polar surface area (TPSA) is 31.4 Å². The first-order valence-corrected chi connectivity index (χ1v) is 6.59. The lowest BCUT2D eigenvalue weighted by atomic mass is 9.84. The molecule has 1 saturated carbocycles. The summed E-state index contributed by atoms with van der Waals surface area (Å²) in [6.45, 7) is 4.65. The molecule has 1 saturated heterocycles. The largest absolute Gasteiger partial charge is 0.515 e. The first kappa shape index (κ1) is 6.38. The summed E-state index contributed by atoms with van der Waals surface area (Å²) < 4.78 is 74.4. The van der Waals surface area contributed by atoms with E-state index in [1.165, 1.54) is 0 Å². The fraction of sp³-hybridized carbons (Fsp3) is 0.769. The van der Waals surface area contributed by atoms with Gasteiger partial charge in [-0.3, -0.25) is 0 Å². The lowest BCUT2D eigenvalue weighted by Gasteiger charge is -2.32. The Morgan fingerprint density at radius 2 is 2.00 bits per heavy atom. The monoisotopic (exact) mass is 273 g/mol. The molecular weight excluding hydrogens is 245 g/mol. The highest BCUT2D eigenvalue weighted by atomic mass is 32.1. The van der Waals surface area contributed by atoms with Gasteiger partial charge in [-0.1, -0.05) is 0 Å². The molecule has 5 heteroatoms. The van der Waals surface area contributed by atoms with E-state index in [0.717, 1.165) is 0 Å². The second kappa shape index (κ2) is 3.81. The molecule has 3 nitrogen and oxygen atoms in total. The Kier molecular flexibility index (Phi) is 1.35. The lowest BCUT2D eigenvalue weighted by Crippen LogP contribution is -2.41. The van der Waals surface area contributed by atoms with Crippen LogP contribution in [0.25, 0.3) is 0 Å². The Morgan fingerprint density at radius 1 is 1.39 bits per heavy atom. The molecule has 2 aliphatic rings. The van der Waals surface area contributed by atoms with Crippen molar-refractivity contribution in [3.05, 3.63) is 9.88 Å². The van der Waals surface area contributed by atoms with Crippen molar-refractivity contribution in [2.24, 2.45) is 0 Å². The van der Waals surface area contributed by atoms with Gasteiger partial charge >= 0.3 is 7.12 Å². The third kappa shape index (κ3) is 1.93. The van der Waals surface area contributed by atoms with Crippen LogP contribution in [-0.2, 0) is 9.31 Å². The molecule has 0 radical (unpaired) electrons. The van der Waals surface area contributed by atoms with Crippen molar-refractivity contribution in [2.45, 2.75) is 64.4 Å². The average Bonchev–Trinajstić information content (AvgIpc) is 2.84. The summed E-state index contributed by atoms with van der Waals surface area (Å²) in [5.74, 6) is -2.26. The molecule has 18 heavy (non-hydrogen) atoms. The maximum absolute atomic E-state index is 8.26. The minimum absolute atomic E-state index is 0.0335. The molecular formula is C13H20BNO2S. The van der Waals surface area contributed by atoms with E-state index in [1.54, 1.807) is 27.7 Å². The van der Waals surface area contributed by atoms with Gasteiger partial charge in [0.2, 0.25) is 0 Å². The SMILES string of the molecule is [2H]C([2H])([2H])c1sc(C2([2H])C([2H])([2H])C2([2H])[2H])nc1B1OC(C)(C)C(C)(C)O1. The summed E-state index contributed by atoms with van der Waals surface area (Å²) in [4.78, 5) is 3.99. The molecule has 0 atom stereocenters. The van der Waals surface area contributed by atoms with Crippen LogP contribution >= 0.6 is 11.3 Å². The van der Waals surface area contributed by atoms with Gasteiger partial charge in [0.15, 0.2) is 0 Å². The number of aryl methyl sites for hydroxylation is 1. The summed E-state index contributed by atoms with van der Waals surface area (Å²) in [7, 11) is -1.08. The molecule has 2 fully saturated rings. The van der Waals surface area contributed by atoms with Crippen molar-refractivity contribution in [1.82, 2.24) is 4.98 Å². The molecule has 0 spiro atoms. The molecule has 98 valence electrons. The number of thiazole rings is 1. The molecule has 0 aromatic carbocycles. The van der Waals surface area contributed by atoms with Crippen LogP contribution in [0.3, 0.4) is 0 Å². The smallest absolute Gasteiger partial charge is 0.398 e. The summed E-state index contributed by atoms with van der Waals surface area (Å²) in [6, 6.07) is 0. The minimum atomic E-state index is -2.57. The highest BCUT2D eigenvalue weighted by Gasteiger charge is 2.53. The van der Waals surface area contributed by atoms with E-state index < -0.39 is 43.8 Å². The van der Waals surface area contributed by atoms with E-state index >= 15 is 0 Å². The Labute approximate surface area is 124 Å². The first-order valence-electron chi connectivity index (χ1n) is 9.77. The Morgan fingerprint density at radius 3 is 2.50 bits per heavy atom. The molecule has 0 bridgehead atoms. The van der Waals surface area contributed by atoms with Crippen LogP contribution in [0.2, 0.25) is 0 Å². The zero-order valence-corrected chi connectivity index (χ0v) is 11.6. The van der Waals surface area contributed by atoms with Gasteiger partial charge in [-0.2, -0.15) is 0 Å². The summed E-state index contributed by atoms with van der Waals surface area (Å²) in [6.07, 6.45) is -4.92. The predicted octanol–water partition coefficient (Wildman–Crippen LogP) is 2.63. The van der Waals surface area contributed by atoms with E-state index in [-0.39, 0.29) is 15.5 Å². The van der Waals surface area contributed by atoms with Gasteiger partial charge in [0.05, 0.1) is 21.8 Å². The van der Waals surface area contributed by atoms with Crippen LogP contribution in [0, 0.1) is 6.85 Å². The number of hydrogen-bond acceptors (Lipinski definition) is 4. The lowest BCUT2D eigenvalue weighted by molar-refractivity contribution is 0.00578. The first-order chi connectivity index (χ1) is 11.4. The van der Waals surface area contributed by atoms with Crippen LogP contribution in [0.5, 0.6) is 0 Å². The van der Waals surface area contributed by atoms with Gasteiger partial charge in [0, 0.05) is 21.7 Å². The maximum atomic E-state index is 8.26. The molecule has 2 heterocycles. The Balaban J connectivity index is 2.10. The van der Waals surface area contributed by atoms with Gasteiger partial charge in [-0.05, 0) is 47.3 Å².